The Morgan fingerprint density at radius 3 is 2.75 bits per heavy atom. The predicted molar refractivity (Wildman–Crippen MR) is 85.0 cm³/mol. The van der Waals surface area contributed by atoms with Gasteiger partial charge in [-0.1, -0.05) is 6.07 Å². The molecule has 20 heavy (non-hydrogen) atoms. The molecule has 0 bridgehead atoms. The molecule has 0 aromatic carbocycles. The monoisotopic (exact) mass is 335 g/mol. The maximum Gasteiger partial charge on any atom is 0.224 e. The highest BCUT2D eigenvalue weighted by atomic mass is 79.9. The van der Waals surface area contributed by atoms with Crippen molar-refractivity contribution >= 4 is 27.7 Å². The highest BCUT2D eigenvalue weighted by Crippen LogP contribution is 2.25. The van der Waals surface area contributed by atoms with Gasteiger partial charge in [0.15, 0.2) is 0 Å². The molecule has 1 N–H and O–H groups in total. The van der Waals surface area contributed by atoms with E-state index in [9.17, 15) is 0 Å². The van der Waals surface area contributed by atoms with Crippen molar-refractivity contribution < 1.29 is 0 Å². The smallest absolute Gasteiger partial charge is 0.224 e. The molecular formula is C14H18BrN5. The molecule has 0 saturated carbocycles. The van der Waals surface area contributed by atoms with Crippen LogP contribution in [0.2, 0.25) is 0 Å². The van der Waals surface area contributed by atoms with Crippen molar-refractivity contribution in [2.24, 2.45) is 0 Å². The first-order chi connectivity index (χ1) is 9.63. The topological polar surface area (TPSA) is 53.9 Å². The summed E-state index contributed by atoms with van der Waals surface area (Å²) in [7, 11) is 1.81. The molecule has 2 aromatic heterocycles. The van der Waals surface area contributed by atoms with Crippen molar-refractivity contribution in [3.8, 4) is 0 Å². The minimum Gasteiger partial charge on any atom is -0.357 e. The lowest BCUT2D eigenvalue weighted by Gasteiger charge is -2.23. The molecule has 2 aromatic rings. The summed E-state index contributed by atoms with van der Waals surface area (Å²) >= 11 is 3.51. The third-order valence-electron chi connectivity index (χ3n) is 2.93. The van der Waals surface area contributed by atoms with E-state index in [1.54, 1.807) is 6.20 Å². The summed E-state index contributed by atoms with van der Waals surface area (Å²) in [4.78, 5) is 15.4. The van der Waals surface area contributed by atoms with Crippen LogP contribution in [0, 0.1) is 6.92 Å². The van der Waals surface area contributed by atoms with Gasteiger partial charge in [-0.3, -0.25) is 4.98 Å². The summed E-state index contributed by atoms with van der Waals surface area (Å²) in [5.41, 5.74) is 2.06. The lowest BCUT2D eigenvalue weighted by atomic mass is 10.3. The quantitative estimate of drug-likeness (QED) is 0.910. The van der Waals surface area contributed by atoms with Crippen LogP contribution in [0.15, 0.2) is 28.9 Å². The van der Waals surface area contributed by atoms with Crippen LogP contribution in [0.5, 0.6) is 0 Å². The van der Waals surface area contributed by atoms with Crippen molar-refractivity contribution in [2.45, 2.75) is 20.4 Å². The standard InChI is InChI=1S/C14H18BrN5/c1-4-20(9-11-7-5-6-10(2)18-11)13-12(15)8-17-14(16-3)19-13/h5-8H,4,9H2,1-3H3,(H,16,17,19). The van der Waals surface area contributed by atoms with Crippen LogP contribution in [0.3, 0.4) is 0 Å². The molecule has 0 aliphatic heterocycles. The Kier molecular flexibility index (Phi) is 4.89. The van der Waals surface area contributed by atoms with Crippen molar-refractivity contribution in [1.82, 2.24) is 15.0 Å². The Morgan fingerprint density at radius 2 is 2.10 bits per heavy atom. The lowest BCUT2D eigenvalue weighted by Crippen LogP contribution is -2.24. The number of nitrogens with zero attached hydrogens (tertiary/aromatic N) is 4. The second-order valence-corrected chi connectivity index (χ2v) is 5.25. The van der Waals surface area contributed by atoms with E-state index in [4.69, 9.17) is 0 Å². The number of aryl methyl sites for hydroxylation is 1. The zero-order valence-corrected chi connectivity index (χ0v) is 13.5. The molecule has 0 aliphatic carbocycles. The molecule has 6 heteroatoms. The molecule has 0 saturated heterocycles. The minimum absolute atomic E-state index is 0.610. The van der Waals surface area contributed by atoms with Crippen LogP contribution < -0.4 is 10.2 Å². The SMILES string of the molecule is CCN(Cc1cccc(C)n1)c1nc(NC)ncc1Br. The molecule has 2 heterocycles. The molecule has 0 spiro atoms. The number of rotatable bonds is 5. The first-order valence-corrected chi connectivity index (χ1v) is 7.31. The molecule has 2 rings (SSSR count). The number of hydrogen-bond acceptors (Lipinski definition) is 5. The van der Waals surface area contributed by atoms with Crippen molar-refractivity contribution in [2.75, 3.05) is 23.8 Å². The van der Waals surface area contributed by atoms with Crippen LogP contribution in [-0.2, 0) is 6.54 Å². The predicted octanol–water partition coefficient (Wildman–Crippen LogP) is 3.01. The first-order valence-electron chi connectivity index (χ1n) is 6.51. The van der Waals surface area contributed by atoms with Crippen molar-refractivity contribution in [1.29, 1.82) is 0 Å². The van der Waals surface area contributed by atoms with Crippen molar-refractivity contribution in [3.05, 3.63) is 40.3 Å². The molecule has 0 fully saturated rings. The Hall–Kier alpha value is -1.69. The zero-order valence-electron chi connectivity index (χ0n) is 11.9. The Bertz CT molecular complexity index is 588. The van der Waals surface area contributed by atoms with E-state index in [-0.39, 0.29) is 0 Å². The van der Waals surface area contributed by atoms with E-state index in [1.807, 2.05) is 32.2 Å². The number of halogens is 1. The number of anilines is 2. The van der Waals surface area contributed by atoms with Crippen LogP contribution in [0.4, 0.5) is 11.8 Å². The first kappa shape index (κ1) is 14.7. The van der Waals surface area contributed by atoms with Gasteiger partial charge in [0.05, 0.1) is 16.7 Å². The van der Waals surface area contributed by atoms with E-state index in [1.165, 1.54) is 0 Å². The van der Waals surface area contributed by atoms with Crippen LogP contribution in [0.25, 0.3) is 0 Å². The molecule has 0 atom stereocenters. The molecule has 0 radical (unpaired) electrons. The Morgan fingerprint density at radius 1 is 1.30 bits per heavy atom. The van der Waals surface area contributed by atoms with Crippen LogP contribution >= 0.6 is 15.9 Å². The maximum atomic E-state index is 4.54. The van der Waals surface area contributed by atoms with Crippen LogP contribution in [0.1, 0.15) is 18.3 Å². The van der Waals surface area contributed by atoms with Gasteiger partial charge in [-0.25, -0.2) is 4.98 Å². The fourth-order valence-corrected chi connectivity index (χ4v) is 2.36. The van der Waals surface area contributed by atoms with Crippen molar-refractivity contribution in [3.63, 3.8) is 0 Å². The Balaban J connectivity index is 2.28. The van der Waals surface area contributed by atoms with E-state index in [0.717, 1.165) is 34.8 Å². The van der Waals surface area contributed by atoms with Gasteiger partial charge >= 0.3 is 0 Å². The second-order valence-electron chi connectivity index (χ2n) is 4.40. The summed E-state index contributed by atoms with van der Waals surface area (Å²) in [5.74, 6) is 1.48. The van der Waals surface area contributed by atoms with E-state index in [2.05, 4.69) is 48.0 Å². The number of pyridine rings is 1. The average Bonchev–Trinajstić information content (AvgIpc) is 2.46. The fraction of sp³-hybridized carbons (Fsp3) is 0.357. The molecule has 0 amide bonds. The van der Waals surface area contributed by atoms with E-state index < -0.39 is 0 Å². The average molecular weight is 336 g/mol. The third-order valence-corrected chi connectivity index (χ3v) is 3.49. The van der Waals surface area contributed by atoms with E-state index >= 15 is 0 Å². The van der Waals surface area contributed by atoms with Gasteiger partial charge in [0.1, 0.15) is 5.82 Å². The molecular weight excluding hydrogens is 318 g/mol. The minimum atomic E-state index is 0.610. The highest BCUT2D eigenvalue weighted by Gasteiger charge is 2.13. The summed E-state index contributed by atoms with van der Waals surface area (Å²) in [6.45, 7) is 5.66. The summed E-state index contributed by atoms with van der Waals surface area (Å²) in [5, 5.41) is 2.96. The largest absolute Gasteiger partial charge is 0.357 e. The van der Waals surface area contributed by atoms with E-state index in [0.29, 0.717) is 5.95 Å². The maximum absolute atomic E-state index is 4.54. The van der Waals surface area contributed by atoms with Gasteiger partial charge in [-0.2, -0.15) is 4.98 Å². The Labute approximate surface area is 127 Å². The normalized spacial score (nSPS) is 10.4. The van der Waals surface area contributed by atoms with Gasteiger partial charge in [0.25, 0.3) is 0 Å². The fourth-order valence-electron chi connectivity index (χ4n) is 1.92. The lowest BCUT2D eigenvalue weighted by molar-refractivity contribution is 0.785. The zero-order chi connectivity index (χ0) is 14.5. The van der Waals surface area contributed by atoms with Gasteiger partial charge in [0.2, 0.25) is 5.95 Å². The highest BCUT2D eigenvalue weighted by molar-refractivity contribution is 9.10. The molecule has 0 aliphatic rings. The molecule has 0 unspecified atom stereocenters. The molecule has 106 valence electrons. The summed E-state index contributed by atoms with van der Waals surface area (Å²) in [6.07, 6.45) is 1.76. The van der Waals surface area contributed by atoms with Gasteiger partial charge in [-0.15, -0.1) is 0 Å². The van der Waals surface area contributed by atoms with Gasteiger partial charge in [0, 0.05) is 25.5 Å². The third kappa shape index (κ3) is 3.45. The van der Waals surface area contributed by atoms with Crippen LogP contribution in [-0.4, -0.2) is 28.5 Å². The number of hydrogen-bond donors (Lipinski definition) is 1. The number of nitrogens with one attached hydrogen (secondary N) is 1. The summed E-state index contributed by atoms with van der Waals surface area (Å²) in [6, 6.07) is 6.06. The molecule has 5 nitrogen and oxygen atoms in total. The van der Waals surface area contributed by atoms with Gasteiger partial charge in [-0.05, 0) is 41.9 Å². The second kappa shape index (κ2) is 6.65. The number of aromatic nitrogens is 3. The van der Waals surface area contributed by atoms with Gasteiger partial charge < -0.3 is 10.2 Å². The summed E-state index contributed by atoms with van der Waals surface area (Å²) < 4.78 is 0.881.